The number of halogens is 2. The molecule has 19 heavy (non-hydrogen) atoms. The molecule has 2 heterocycles. The zero-order valence-electron chi connectivity index (χ0n) is 9.91. The molecule has 0 spiro atoms. The van der Waals surface area contributed by atoms with Crippen molar-refractivity contribution in [2.45, 2.75) is 13.5 Å². The van der Waals surface area contributed by atoms with E-state index in [1.54, 1.807) is 6.20 Å². The monoisotopic (exact) mass is 404 g/mol. The van der Waals surface area contributed by atoms with Gasteiger partial charge in [0.05, 0.1) is 12.7 Å². The highest BCUT2D eigenvalue weighted by Gasteiger charge is 2.06. The number of aromatic nitrogens is 2. The summed E-state index contributed by atoms with van der Waals surface area (Å²) in [6.45, 7) is 2.41. The van der Waals surface area contributed by atoms with Crippen LogP contribution in [0.5, 0.6) is 0 Å². The number of thiocarbonyl (C=S) groups is 1. The van der Waals surface area contributed by atoms with Gasteiger partial charge in [-0.1, -0.05) is 0 Å². The Morgan fingerprint density at radius 1 is 1.42 bits per heavy atom. The van der Waals surface area contributed by atoms with Crippen LogP contribution in [-0.2, 0) is 6.54 Å². The van der Waals surface area contributed by atoms with E-state index < -0.39 is 0 Å². The molecule has 0 unspecified atom stereocenters. The van der Waals surface area contributed by atoms with Crippen LogP contribution in [0.1, 0.15) is 11.5 Å². The van der Waals surface area contributed by atoms with Crippen molar-refractivity contribution in [1.29, 1.82) is 0 Å². The van der Waals surface area contributed by atoms with Gasteiger partial charge in [-0.05, 0) is 63.1 Å². The summed E-state index contributed by atoms with van der Waals surface area (Å²) in [5.41, 5.74) is 0. The van der Waals surface area contributed by atoms with Crippen molar-refractivity contribution in [2.75, 3.05) is 5.32 Å². The van der Waals surface area contributed by atoms with Gasteiger partial charge in [0.15, 0.2) is 10.9 Å². The molecule has 8 heteroatoms. The average Bonchev–Trinajstić information content (AvgIpc) is 2.76. The summed E-state index contributed by atoms with van der Waals surface area (Å²) in [5, 5.41) is 6.43. The molecule has 2 aromatic heterocycles. The Labute approximate surface area is 132 Å². The summed E-state index contributed by atoms with van der Waals surface area (Å²) in [6.07, 6.45) is 1.59. The first-order valence-electron chi connectivity index (χ1n) is 5.33. The van der Waals surface area contributed by atoms with E-state index in [4.69, 9.17) is 16.6 Å². The zero-order chi connectivity index (χ0) is 13.8. The third kappa shape index (κ3) is 4.26. The minimum Gasteiger partial charge on any atom is -0.465 e. The van der Waals surface area contributed by atoms with Crippen LogP contribution >= 0.6 is 44.1 Å². The lowest BCUT2D eigenvalue weighted by Crippen LogP contribution is -2.28. The fourth-order valence-electron chi connectivity index (χ4n) is 1.33. The first kappa shape index (κ1) is 14.4. The number of nitrogens with one attached hydrogen (secondary N) is 2. The molecule has 2 N–H and O–H groups in total. The van der Waals surface area contributed by atoms with Gasteiger partial charge in [0, 0.05) is 0 Å². The third-order valence-electron chi connectivity index (χ3n) is 2.15. The quantitative estimate of drug-likeness (QED) is 0.763. The van der Waals surface area contributed by atoms with E-state index in [0.717, 1.165) is 11.5 Å². The number of aryl methyl sites for hydroxylation is 1. The van der Waals surface area contributed by atoms with Crippen LogP contribution in [0, 0.1) is 6.92 Å². The van der Waals surface area contributed by atoms with E-state index >= 15 is 0 Å². The molecule has 5 nitrogen and oxygen atoms in total. The number of nitrogens with zero attached hydrogens (tertiary/aromatic N) is 2. The lowest BCUT2D eigenvalue weighted by Gasteiger charge is -2.09. The van der Waals surface area contributed by atoms with Gasteiger partial charge in [-0.15, -0.1) is 0 Å². The fourth-order valence-corrected chi connectivity index (χ4v) is 2.41. The maximum Gasteiger partial charge on any atom is 0.172 e. The fraction of sp³-hybridized carbons (Fsp3) is 0.182. The van der Waals surface area contributed by atoms with Crippen LogP contribution in [-0.4, -0.2) is 15.1 Å². The Kier molecular flexibility index (Phi) is 4.89. The maximum atomic E-state index is 5.43. The van der Waals surface area contributed by atoms with Gasteiger partial charge in [0.25, 0.3) is 0 Å². The highest BCUT2D eigenvalue weighted by Crippen LogP contribution is 2.19. The average molecular weight is 406 g/mol. The van der Waals surface area contributed by atoms with Crippen LogP contribution in [0.4, 0.5) is 5.82 Å². The smallest absolute Gasteiger partial charge is 0.172 e. The predicted octanol–water partition coefficient (Wildman–Crippen LogP) is 3.39. The molecule has 0 aliphatic heterocycles. The van der Waals surface area contributed by atoms with E-state index in [1.807, 2.05) is 19.1 Å². The van der Waals surface area contributed by atoms with Gasteiger partial charge in [-0.25, -0.2) is 9.97 Å². The highest BCUT2D eigenvalue weighted by molar-refractivity contribution is 9.11. The molecular formula is C11H10Br2N4OS. The normalized spacial score (nSPS) is 10.3. The number of hydrogen-bond acceptors (Lipinski definition) is 4. The first-order valence-corrected chi connectivity index (χ1v) is 7.32. The summed E-state index contributed by atoms with van der Waals surface area (Å²) in [5.74, 6) is 2.25. The van der Waals surface area contributed by atoms with Crippen molar-refractivity contribution in [1.82, 2.24) is 15.3 Å². The lowest BCUT2D eigenvalue weighted by molar-refractivity contribution is 0.478. The zero-order valence-corrected chi connectivity index (χ0v) is 13.9. The van der Waals surface area contributed by atoms with Crippen LogP contribution in [0.3, 0.4) is 0 Å². The van der Waals surface area contributed by atoms with Crippen LogP contribution in [0.25, 0.3) is 0 Å². The minimum absolute atomic E-state index is 0.450. The van der Waals surface area contributed by atoms with Crippen molar-refractivity contribution in [3.05, 3.63) is 39.1 Å². The topological polar surface area (TPSA) is 63.0 Å². The maximum absolute atomic E-state index is 5.43. The first-order chi connectivity index (χ1) is 9.04. The number of rotatable bonds is 3. The Bertz CT molecular complexity index is 602. The number of anilines is 1. The molecule has 0 radical (unpaired) electrons. The van der Waals surface area contributed by atoms with Gasteiger partial charge >= 0.3 is 0 Å². The van der Waals surface area contributed by atoms with Gasteiger partial charge in [-0.2, -0.15) is 0 Å². The van der Waals surface area contributed by atoms with Crippen molar-refractivity contribution >= 4 is 55.0 Å². The Morgan fingerprint density at radius 2 is 2.21 bits per heavy atom. The van der Waals surface area contributed by atoms with Crippen molar-refractivity contribution < 1.29 is 4.42 Å². The Hall–Kier alpha value is -0.990. The molecule has 0 aliphatic rings. The molecule has 0 atom stereocenters. The van der Waals surface area contributed by atoms with Gasteiger partial charge in [-0.3, -0.25) is 0 Å². The largest absolute Gasteiger partial charge is 0.465 e. The molecule has 0 aliphatic carbocycles. The summed E-state index contributed by atoms with van der Waals surface area (Å²) in [4.78, 5) is 8.31. The Morgan fingerprint density at radius 3 is 2.84 bits per heavy atom. The predicted molar refractivity (Wildman–Crippen MR) is 83.9 cm³/mol. The number of furan rings is 1. The van der Waals surface area contributed by atoms with Crippen LogP contribution in [0.15, 0.2) is 32.0 Å². The summed E-state index contributed by atoms with van der Waals surface area (Å²) in [6, 6.07) is 3.81. The standard InChI is InChI=1S/C11H10Br2N4OS/c1-6-2-3-7(18-6)4-15-11(19)17-10-9(13)16-8(12)5-14-10/h2-3,5H,4H2,1H3,(H2,14,15,17,19). The lowest BCUT2D eigenvalue weighted by atomic mass is 10.4. The molecule has 100 valence electrons. The van der Waals surface area contributed by atoms with E-state index in [1.165, 1.54) is 0 Å². The molecular weight excluding hydrogens is 396 g/mol. The molecule has 0 amide bonds. The second kappa shape index (κ2) is 6.44. The van der Waals surface area contributed by atoms with Crippen LogP contribution in [0.2, 0.25) is 0 Å². The van der Waals surface area contributed by atoms with Gasteiger partial charge in [0.2, 0.25) is 0 Å². The second-order valence-corrected chi connectivity index (χ2v) is 5.62. The number of hydrogen-bond donors (Lipinski definition) is 2. The summed E-state index contributed by atoms with van der Waals surface area (Å²) < 4.78 is 6.66. The molecule has 2 rings (SSSR count). The van der Waals surface area contributed by atoms with E-state index in [9.17, 15) is 0 Å². The van der Waals surface area contributed by atoms with Gasteiger partial charge < -0.3 is 15.1 Å². The molecule has 0 fully saturated rings. The van der Waals surface area contributed by atoms with Crippen LogP contribution < -0.4 is 10.6 Å². The molecule has 2 aromatic rings. The third-order valence-corrected chi connectivity index (χ3v) is 3.33. The van der Waals surface area contributed by atoms with E-state index in [-0.39, 0.29) is 0 Å². The summed E-state index contributed by atoms with van der Waals surface area (Å²) in [7, 11) is 0. The van der Waals surface area contributed by atoms with Crippen molar-refractivity contribution in [2.24, 2.45) is 0 Å². The molecule has 0 bridgehead atoms. The molecule has 0 saturated heterocycles. The van der Waals surface area contributed by atoms with E-state index in [2.05, 4.69) is 52.5 Å². The van der Waals surface area contributed by atoms with Crippen molar-refractivity contribution in [3.63, 3.8) is 0 Å². The second-order valence-electron chi connectivity index (χ2n) is 3.65. The molecule has 0 saturated carbocycles. The van der Waals surface area contributed by atoms with Gasteiger partial charge in [0.1, 0.15) is 20.7 Å². The molecule has 0 aromatic carbocycles. The summed E-state index contributed by atoms with van der Waals surface area (Å²) >= 11 is 11.7. The SMILES string of the molecule is Cc1ccc(CNC(=S)Nc2ncc(Br)nc2Br)o1. The minimum atomic E-state index is 0.450. The van der Waals surface area contributed by atoms with Crippen molar-refractivity contribution in [3.8, 4) is 0 Å². The van der Waals surface area contributed by atoms with E-state index in [0.29, 0.717) is 26.7 Å². The Balaban J connectivity index is 1.90. The highest BCUT2D eigenvalue weighted by atomic mass is 79.9.